The third kappa shape index (κ3) is 3.92. The van der Waals surface area contributed by atoms with E-state index < -0.39 is 5.91 Å². The number of nitrogens with two attached hydrogens (primary N) is 1. The van der Waals surface area contributed by atoms with Crippen LogP contribution in [0.25, 0.3) is 0 Å². The fourth-order valence-corrected chi connectivity index (χ4v) is 2.42. The van der Waals surface area contributed by atoms with Crippen LogP contribution >= 0.6 is 0 Å². The molecular weight excluding hydrogens is 252 g/mol. The second-order valence-corrected chi connectivity index (χ2v) is 5.06. The second kappa shape index (κ2) is 7.82. The molecule has 1 amide bonds. The van der Waals surface area contributed by atoms with Crippen LogP contribution in [0.2, 0.25) is 0 Å². The molecule has 112 valence electrons. The van der Waals surface area contributed by atoms with E-state index in [1.54, 1.807) is 13.3 Å². The quantitative estimate of drug-likeness (QED) is 0.779. The first kappa shape index (κ1) is 16.4. The van der Waals surface area contributed by atoms with Crippen LogP contribution in [-0.4, -0.2) is 31.0 Å². The highest BCUT2D eigenvalue weighted by Crippen LogP contribution is 2.22. The van der Waals surface area contributed by atoms with Crippen LogP contribution < -0.4 is 11.1 Å². The Morgan fingerprint density at radius 2 is 2.15 bits per heavy atom. The van der Waals surface area contributed by atoms with Crippen molar-refractivity contribution in [3.05, 3.63) is 11.3 Å². The summed E-state index contributed by atoms with van der Waals surface area (Å²) in [6.45, 7) is 6.37. The van der Waals surface area contributed by atoms with Crippen LogP contribution in [0.1, 0.15) is 46.5 Å². The van der Waals surface area contributed by atoms with Crippen molar-refractivity contribution in [3.63, 3.8) is 0 Å². The van der Waals surface area contributed by atoms with Gasteiger partial charge in [0.1, 0.15) is 5.84 Å². The maximum absolute atomic E-state index is 11.7. The lowest BCUT2D eigenvalue weighted by atomic mass is 9.97. The molecule has 0 aromatic carbocycles. The number of nitrogens with zero attached hydrogens (tertiary/aromatic N) is 2. The molecular formula is C15H26N4O. The van der Waals surface area contributed by atoms with Gasteiger partial charge in [0, 0.05) is 30.9 Å². The summed E-state index contributed by atoms with van der Waals surface area (Å²) in [6, 6.07) is 0.352. The van der Waals surface area contributed by atoms with E-state index in [4.69, 9.17) is 5.73 Å². The van der Waals surface area contributed by atoms with Gasteiger partial charge in [-0.15, -0.1) is 0 Å². The molecule has 0 saturated carbocycles. The molecule has 0 fully saturated rings. The number of aliphatic imine (C=N–C) groups is 2. The van der Waals surface area contributed by atoms with Crippen molar-refractivity contribution in [2.45, 2.75) is 52.5 Å². The number of hydrogen-bond donors (Lipinski definition) is 2. The summed E-state index contributed by atoms with van der Waals surface area (Å²) in [4.78, 5) is 20.2. The molecule has 0 aromatic heterocycles. The van der Waals surface area contributed by atoms with E-state index in [-0.39, 0.29) is 5.92 Å². The van der Waals surface area contributed by atoms with Crippen molar-refractivity contribution in [2.24, 2.45) is 21.6 Å². The van der Waals surface area contributed by atoms with Crippen LogP contribution in [0.3, 0.4) is 0 Å². The Morgan fingerprint density at radius 3 is 2.60 bits per heavy atom. The number of amides is 1. The van der Waals surface area contributed by atoms with E-state index in [0.717, 1.165) is 37.2 Å². The van der Waals surface area contributed by atoms with E-state index in [0.29, 0.717) is 11.6 Å². The van der Waals surface area contributed by atoms with Gasteiger partial charge in [-0.25, -0.2) is 4.99 Å². The zero-order valence-electron chi connectivity index (χ0n) is 12.9. The number of primary amides is 1. The number of carbonyl (C=O) groups is 1. The standard InChI is InChI=1S/C15H26N4O/c1-5-10-8-13(19-11(6-2)7-3)12(14(16)20)9-18-15(10)17-4/h9-11,19H,5-8H2,1-4H3,(H2,16,20). The third-order valence-corrected chi connectivity index (χ3v) is 3.82. The number of hydrogen-bond acceptors (Lipinski definition) is 3. The van der Waals surface area contributed by atoms with E-state index >= 15 is 0 Å². The molecule has 1 aliphatic rings. The number of nitrogens with one attached hydrogen (secondary N) is 1. The highest BCUT2D eigenvalue weighted by atomic mass is 16.1. The molecule has 1 rings (SSSR count). The number of rotatable bonds is 6. The predicted molar refractivity (Wildman–Crippen MR) is 84.0 cm³/mol. The number of allylic oxidation sites excluding steroid dienone is 1. The summed E-state index contributed by atoms with van der Waals surface area (Å²) < 4.78 is 0. The zero-order valence-corrected chi connectivity index (χ0v) is 12.9. The fourth-order valence-electron chi connectivity index (χ4n) is 2.42. The molecule has 1 heterocycles. The van der Waals surface area contributed by atoms with E-state index in [1.165, 1.54) is 0 Å². The van der Waals surface area contributed by atoms with Crippen molar-refractivity contribution >= 4 is 18.0 Å². The smallest absolute Gasteiger partial charge is 0.252 e. The average molecular weight is 278 g/mol. The molecule has 3 N–H and O–H groups in total. The van der Waals surface area contributed by atoms with Crippen molar-refractivity contribution < 1.29 is 4.79 Å². The highest BCUT2D eigenvalue weighted by Gasteiger charge is 2.23. The molecule has 0 aliphatic carbocycles. The molecule has 1 aliphatic heterocycles. The molecule has 20 heavy (non-hydrogen) atoms. The maximum atomic E-state index is 11.7. The molecule has 0 spiro atoms. The Kier molecular flexibility index (Phi) is 6.42. The Hall–Kier alpha value is -1.65. The average Bonchev–Trinajstić information content (AvgIpc) is 2.63. The van der Waals surface area contributed by atoms with Gasteiger partial charge in [-0.05, 0) is 25.7 Å². The minimum atomic E-state index is -0.436. The number of amidine groups is 1. The molecule has 0 aromatic rings. The van der Waals surface area contributed by atoms with Gasteiger partial charge in [-0.1, -0.05) is 20.8 Å². The van der Waals surface area contributed by atoms with Gasteiger partial charge in [0.15, 0.2) is 0 Å². The topological polar surface area (TPSA) is 79.8 Å². The summed E-state index contributed by atoms with van der Waals surface area (Å²) in [5.41, 5.74) is 6.88. The van der Waals surface area contributed by atoms with E-state index in [2.05, 4.69) is 36.1 Å². The van der Waals surface area contributed by atoms with Gasteiger partial charge in [0.05, 0.1) is 5.57 Å². The Balaban J connectivity index is 3.12. The Labute approximate surface area is 121 Å². The summed E-state index contributed by atoms with van der Waals surface area (Å²) >= 11 is 0. The summed E-state index contributed by atoms with van der Waals surface area (Å²) in [6.07, 6.45) is 5.25. The van der Waals surface area contributed by atoms with Crippen molar-refractivity contribution in [1.29, 1.82) is 0 Å². The first-order valence-electron chi connectivity index (χ1n) is 7.37. The second-order valence-electron chi connectivity index (χ2n) is 5.06. The van der Waals surface area contributed by atoms with E-state index in [1.807, 2.05) is 0 Å². The molecule has 1 unspecified atom stereocenters. The normalized spacial score (nSPS) is 21.4. The monoisotopic (exact) mass is 278 g/mol. The summed E-state index contributed by atoms with van der Waals surface area (Å²) in [5.74, 6) is 0.576. The minimum absolute atomic E-state index is 0.227. The molecule has 5 heteroatoms. The van der Waals surface area contributed by atoms with Crippen molar-refractivity contribution in [3.8, 4) is 0 Å². The first-order valence-corrected chi connectivity index (χ1v) is 7.37. The van der Waals surface area contributed by atoms with E-state index in [9.17, 15) is 4.79 Å². The summed E-state index contributed by atoms with van der Waals surface area (Å²) in [5, 5.41) is 3.47. The van der Waals surface area contributed by atoms with Gasteiger partial charge in [0.25, 0.3) is 5.91 Å². The van der Waals surface area contributed by atoms with Crippen LogP contribution in [0.15, 0.2) is 21.3 Å². The Morgan fingerprint density at radius 1 is 1.50 bits per heavy atom. The van der Waals surface area contributed by atoms with Gasteiger partial charge in [-0.2, -0.15) is 0 Å². The SMILES string of the molecule is CCC(CC)NC1=C(C(N)=O)C=NC(=NC)C(CC)C1. The van der Waals surface area contributed by atoms with Gasteiger partial charge < -0.3 is 11.1 Å². The fraction of sp³-hybridized carbons (Fsp3) is 0.667. The van der Waals surface area contributed by atoms with Gasteiger partial charge in [-0.3, -0.25) is 9.79 Å². The maximum Gasteiger partial charge on any atom is 0.252 e. The molecule has 1 atom stereocenters. The van der Waals surface area contributed by atoms with Crippen molar-refractivity contribution in [1.82, 2.24) is 5.32 Å². The van der Waals surface area contributed by atoms with Crippen molar-refractivity contribution in [2.75, 3.05) is 7.05 Å². The van der Waals surface area contributed by atoms with Crippen LogP contribution in [0.5, 0.6) is 0 Å². The van der Waals surface area contributed by atoms with Crippen LogP contribution in [0, 0.1) is 5.92 Å². The molecule has 0 radical (unpaired) electrons. The minimum Gasteiger partial charge on any atom is -0.385 e. The lowest BCUT2D eigenvalue weighted by molar-refractivity contribution is -0.114. The third-order valence-electron chi connectivity index (χ3n) is 3.82. The van der Waals surface area contributed by atoms with Crippen LogP contribution in [0.4, 0.5) is 0 Å². The van der Waals surface area contributed by atoms with Crippen LogP contribution in [-0.2, 0) is 4.79 Å². The van der Waals surface area contributed by atoms with Gasteiger partial charge >= 0.3 is 0 Å². The highest BCUT2D eigenvalue weighted by molar-refractivity contribution is 6.15. The van der Waals surface area contributed by atoms with Gasteiger partial charge in [0.2, 0.25) is 0 Å². The predicted octanol–water partition coefficient (Wildman–Crippen LogP) is 2.03. The lowest BCUT2D eigenvalue weighted by Gasteiger charge is -2.22. The lowest BCUT2D eigenvalue weighted by Crippen LogP contribution is -2.31. The Bertz CT molecular complexity index is 433. The number of carbonyl (C=O) groups excluding carboxylic acids is 1. The molecule has 0 bridgehead atoms. The molecule has 5 nitrogen and oxygen atoms in total. The largest absolute Gasteiger partial charge is 0.385 e. The zero-order chi connectivity index (χ0) is 15.1. The first-order chi connectivity index (χ1) is 9.57. The molecule has 0 saturated heterocycles. The summed E-state index contributed by atoms with van der Waals surface area (Å²) in [7, 11) is 1.73.